The second-order valence-corrected chi connectivity index (χ2v) is 7.24. The molecule has 2 heterocycles. The van der Waals surface area contributed by atoms with E-state index in [0.717, 1.165) is 33.7 Å². The predicted octanol–water partition coefficient (Wildman–Crippen LogP) is 3.11. The summed E-state index contributed by atoms with van der Waals surface area (Å²) >= 11 is 1.30. The number of aromatic amines is 1. The van der Waals surface area contributed by atoms with Gasteiger partial charge in [-0.05, 0) is 43.1 Å². The highest BCUT2D eigenvalue weighted by molar-refractivity contribution is 7.14. The number of aromatic nitrogens is 2. The number of rotatable bonds is 6. The van der Waals surface area contributed by atoms with Gasteiger partial charge in [-0.1, -0.05) is 6.07 Å². The van der Waals surface area contributed by atoms with Crippen LogP contribution in [0.1, 0.15) is 31.6 Å². The van der Waals surface area contributed by atoms with Crippen molar-refractivity contribution in [3.63, 3.8) is 0 Å². The van der Waals surface area contributed by atoms with Crippen LogP contribution in [-0.2, 0) is 6.42 Å². The summed E-state index contributed by atoms with van der Waals surface area (Å²) in [5.41, 5.74) is 14.6. The number of H-pyrrole nitrogens is 1. The van der Waals surface area contributed by atoms with E-state index in [0.29, 0.717) is 16.9 Å². The minimum absolute atomic E-state index is 0.223. The summed E-state index contributed by atoms with van der Waals surface area (Å²) in [7, 11) is 0. The Hall–Kier alpha value is -2.58. The molecule has 26 heavy (non-hydrogen) atoms. The van der Waals surface area contributed by atoms with E-state index in [1.54, 1.807) is 12.4 Å². The quantitative estimate of drug-likeness (QED) is 0.616. The van der Waals surface area contributed by atoms with Gasteiger partial charge in [-0.15, -0.1) is 11.3 Å². The first-order chi connectivity index (χ1) is 12.4. The molecular formula is C18H18F2N4OS. The fraction of sp³-hybridized carbons (Fsp3) is 0.222. The van der Waals surface area contributed by atoms with E-state index >= 15 is 0 Å². The van der Waals surface area contributed by atoms with Crippen LogP contribution >= 0.6 is 11.3 Å². The highest BCUT2D eigenvalue weighted by Gasteiger charge is 2.27. The lowest BCUT2D eigenvalue weighted by molar-refractivity contribution is 0.100. The molecule has 3 rings (SSSR count). The number of halogens is 2. The molecular weight excluding hydrogens is 358 g/mol. The van der Waals surface area contributed by atoms with Crippen molar-refractivity contribution in [1.82, 2.24) is 10.2 Å². The van der Waals surface area contributed by atoms with E-state index in [-0.39, 0.29) is 12.5 Å². The van der Waals surface area contributed by atoms with E-state index in [1.165, 1.54) is 17.4 Å². The van der Waals surface area contributed by atoms with Crippen molar-refractivity contribution in [1.29, 1.82) is 0 Å². The van der Waals surface area contributed by atoms with Crippen molar-refractivity contribution >= 4 is 17.2 Å². The zero-order chi connectivity index (χ0) is 18.8. The number of hydrogen-bond donors (Lipinski definition) is 3. The molecule has 8 heteroatoms. The number of thiophene rings is 1. The van der Waals surface area contributed by atoms with Crippen LogP contribution in [0.5, 0.6) is 0 Å². The third kappa shape index (κ3) is 3.38. The average Bonchev–Trinajstić information content (AvgIpc) is 3.23. The Morgan fingerprint density at radius 3 is 2.69 bits per heavy atom. The van der Waals surface area contributed by atoms with Gasteiger partial charge in [0, 0.05) is 28.1 Å². The Balaban J connectivity index is 2.09. The van der Waals surface area contributed by atoms with E-state index in [1.807, 2.05) is 6.92 Å². The van der Waals surface area contributed by atoms with Gasteiger partial charge in [0.1, 0.15) is 0 Å². The summed E-state index contributed by atoms with van der Waals surface area (Å²) in [6, 6.07) is 3.75. The van der Waals surface area contributed by atoms with Crippen LogP contribution in [0.3, 0.4) is 0 Å². The highest BCUT2D eigenvalue weighted by atomic mass is 32.1. The molecule has 0 unspecified atom stereocenters. The Morgan fingerprint density at radius 1 is 1.35 bits per heavy atom. The molecule has 1 amide bonds. The normalized spacial score (nSPS) is 12.3. The number of carbonyl (C=O) groups excluding carboxylic acids is 1. The van der Waals surface area contributed by atoms with Crippen LogP contribution in [-0.4, -0.2) is 22.6 Å². The highest BCUT2D eigenvalue weighted by Crippen LogP contribution is 2.41. The smallest absolute Gasteiger partial charge is 0.259 e. The van der Waals surface area contributed by atoms with Gasteiger partial charge in [0.25, 0.3) is 5.91 Å². The fourth-order valence-electron chi connectivity index (χ4n) is 3.14. The molecule has 0 aliphatic heterocycles. The number of primary amides is 1. The summed E-state index contributed by atoms with van der Waals surface area (Å²) in [5, 5.41) is 6.72. The summed E-state index contributed by atoms with van der Waals surface area (Å²) in [5.74, 6) is -2.63. The molecule has 0 bridgehead atoms. The first-order valence-electron chi connectivity index (χ1n) is 7.98. The van der Waals surface area contributed by atoms with Crippen molar-refractivity contribution in [2.75, 3.05) is 6.54 Å². The summed E-state index contributed by atoms with van der Waals surface area (Å²) < 4.78 is 26.8. The largest absolute Gasteiger partial charge is 0.365 e. The van der Waals surface area contributed by atoms with Gasteiger partial charge >= 0.3 is 0 Å². The summed E-state index contributed by atoms with van der Waals surface area (Å²) in [6.45, 7) is 2.12. The Kier molecular flexibility index (Phi) is 5.15. The van der Waals surface area contributed by atoms with E-state index < -0.39 is 17.5 Å². The molecule has 1 atom stereocenters. The Labute approximate surface area is 153 Å². The first kappa shape index (κ1) is 18.2. The molecule has 5 N–H and O–H groups in total. The summed E-state index contributed by atoms with van der Waals surface area (Å²) in [4.78, 5) is 13.3. The monoisotopic (exact) mass is 376 g/mol. The maximum absolute atomic E-state index is 13.6. The fourth-order valence-corrected chi connectivity index (χ4v) is 4.25. The van der Waals surface area contributed by atoms with Gasteiger partial charge in [-0.25, -0.2) is 8.78 Å². The Bertz CT molecular complexity index is 937. The number of nitrogens with zero attached hydrogens (tertiary/aromatic N) is 1. The van der Waals surface area contributed by atoms with Gasteiger partial charge in [-0.2, -0.15) is 5.10 Å². The third-order valence-electron chi connectivity index (χ3n) is 4.29. The van der Waals surface area contributed by atoms with Gasteiger partial charge in [-0.3, -0.25) is 9.89 Å². The molecule has 1 aromatic carbocycles. The lowest BCUT2D eigenvalue weighted by Crippen LogP contribution is -2.20. The number of hydrogen-bond acceptors (Lipinski definition) is 4. The maximum atomic E-state index is 13.6. The molecule has 3 aromatic rings. The number of nitrogens with two attached hydrogens (primary N) is 2. The van der Waals surface area contributed by atoms with E-state index in [4.69, 9.17) is 11.5 Å². The lowest BCUT2D eigenvalue weighted by atomic mass is 9.87. The van der Waals surface area contributed by atoms with Gasteiger partial charge in [0.15, 0.2) is 11.6 Å². The molecule has 136 valence electrons. The minimum atomic E-state index is -0.912. The van der Waals surface area contributed by atoms with Crippen LogP contribution in [0.15, 0.2) is 30.6 Å². The Morgan fingerprint density at radius 2 is 2.12 bits per heavy atom. The second-order valence-electron chi connectivity index (χ2n) is 6.01. The maximum Gasteiger partial charge on any atom is 0.259 e. The van der Waals surface area contributed by atoms with Gasteiger partial charge in [0.2, 0.25) is 0 Å². The molecule has 2 aromatic heterocycles. The van der Waals surface area contributed by atoms with E-state index in [2.05, 4.69) is 10.2 Å². The number of amides is 1. The average molecular weight is 376 g/mol. The summed E-state index contributed by atoms with van der Waals surface area (Å²) in [6.07, 6.45) is 3.75. The predicted molar refractivity (Wildman–Crippen MR) is 97.0 cm³/mol. The number of carbonyl (C=O) groups is 1. The van der Waals surface area contributed by atoms with Gasteiger partial charge in [0.05, 0.1) is 11.1 Å². The number of nitrogens with one attached hydrogen (secondary N) is 1. The first-order valence-corrected chi connectivity index (χ1v) is 8.80. The van der Waals surface area contributed by atoms with Crippen LogP contribution < -0.4 is 11.5 Å². The van der Waals surface area contributed by atoms with Crippen molar-refractivity contribution in [2.45, 2.75) is 19.3 Å². The molecule has 0 saturated heterocycles. The zero-order valence-electron chi connectivity index (χ0n) is 14.1. The van der Waals surface area contributed by atoms with Crippen molar-refractivity contribution in [3.05, 3.63) is 63.1 Å². The lowest BCUT2D eigenvalue weighted by Gasteiger charge is -2.18. The zero-order valence-corrected chi connectivity index (χ0v) is 14.9. The van der Waals surface area contributed by atoms with Crippen LogP contribution in [0.25, 0.3) is 11.1 Å². The molecule has 0 fully saturated rings. The van der Waals surface area contributed by atoms with Crippen molar-refractivity contribution < 1.29 is 13.6 Å². The molecule has 0 aliphatic carbocycles. The van der Waals surface area contributed by atoms with E-state index in [9.17, 15) is 13.6 Å². The van der Waals surface area contributed by atoms with Crippen molar-refractivity contribution in [2.24, 2.45) is 11.5 Å². The van der Waals surface area contributed by atoms with Crippen LogP contribution in [0.4, 0.5) is 8.78 Å². The number of benzene rings is 1. The second kappa shape index (κ2) is 7.35. The van der Waals surface area contributed by atoms with Crippen LogP contribution in [0, 0.1) is 18.6 Å². The topological polar surface area (TPSA) is 97.8 Å². The SMILES string of the molecule is Cc1sc(C(N)=O)c([C@@H](CN)Cc2ccc(F)c(F)c2)c1-c1cn[nH]c1. The molecule has 5 nitrogen and oxygen atoms in total. The molecule has 0 spiro atoms. The third-order valence-corrected chi connectivity index (χ3v) is 5.43. The van der Waals surface area contributed by atoms with Crippen LogP contribution in [0.2, 0.25) is 0 Å². The molecule has 0 saturated carbocycles. The molecule has 0 aliphatic rings. The standard InChI is InChI=1S/C18H18F2N4OS/c1-9-15(12-7-23-24-8-12)16(17(26-9)18(22)25)11(6-21)4-10-2-3-13(19)14(20)5-10/h2-3,5,7-8,11H,4,6,21H2,1H3,(H2,22,25)(H,23,24)/t11-/m1/s1. The van der Waals surface area contributed by atoms with Gasteiger partial charge < -0.3 is 11.5 Å². The number of aryl methyl sites for hydroxylation is 1. The van der Waals surface area contributed by atoms with Crippen molar-refractivity contribution in [3.8, 4) is 11.1 Å². The minimum Gasteiger partial charge on any atom is -0.365 e. The molecule has 0 radical (unpaired) electrons.